The lowest BCUT2D eigenvalue weighted by Crippen LogP contribution is -1.96. The van der Waals surface area contributed by atoms with Gasteiger partial charge in [0, 0.05) is 12.4 Å². The fourth-order valence-corrected chi connectivity index (χ4v) is 1.93. The number of ether oxygens (including phenoxy) is 2. The van der Waals surface area contributed by atoms with Gasteiger partial charge in [0.1, 0.15) is 24.2 Å². The van der Waals surface area contributed by atoms with Crippen LogP contribution in [-0.2, 0) is 6.61 Å². The predicted octanol–water partition coefficient (Wildman–Crippen LogP) is 3.72. The molecule has 0 aliphatic carbocycles. The molecule has 0 spiro atoms. The molecule has 5 heteroatoms. The summed E-state index contributed by atoms with van der Waals surface area (Å²) in [4.78, 5) is 7.91. The van der Waals surface area contributed by atoms with E-state index in [4.69, 9.17) is 14.7 Å². The molecule has 2 aromatic carbocycles. The number of hydrogen-bond acceptors (Lipinski definition) is 5. The average molecular weight is 303 g/mol. The Morgan fingerprint density at radius 2 is 1.57 bits per heavy atom. The molecule has 112 valence electrons. The Kier molecular flexibility index (Phi) is 4.46. The Hall–Kier alpha value is -3.39. The Morgan fingerprint density at radius 3 is 2.30 bits per heavy atom. The fraction of sp³-hybridized carbons (Fsp3) is 0.0556. The first kappa shape index (κ1) is 14.5. The summed E-state index contributed by atoms with van der Waals surface area (Å²) in [5.41, 5.74) is 1.25. The zero-order valence-electron chi connectivity index (χ0n) is 12.2. The van der Waals surface area contributed by atoms with E-state index in [0.717, 1.165) is 11.3 Å². The third kappa shape index (κ3) is 3.83. The van der Waals surface area contributed by atoms with Crippen molar-refractivity contribution in [2.24, 2.45) is 0 Å². The maximum Gasteiger partial charge on any atom is 0.256 e. The molecule has 3 aromatic rings. The number of aromatic nitrogens is 2. The largest absolute Gasteiger partial charge is 0.489 e. The minimum atomic E-state index is 0.150. The first-order valence-corrected chi connectivity index (χ1v) is 7.01. The molecule has 0 fully saturated rings. The van der Waals surface area contributed by atoms with Gasteiger partial charge < -0.3 is 9.47 Å². The van der Waals surface area contributed by atoms with Crippen molar-refractivity contribution in [1.82, 2.24) is 9.97 Å². The van der Waals surface area contributed by atoms with Gasteiger partial charge in [0.2, 0.25) is 5.69 Å². The normalized spacial score (nSPS) is 9.87. The van der Waals surface area contributed by atoms with Gasteiger partial charge in [-0.1, -0.05) is 30.3 Å². The van der Waals surface area contributed by atoms with E-state index < -0.39 is 0 Å². The van der Waals surface area contributed by atoms with Crippen molar-refractivity contribution < 1.29 is 9.47 Å². The van der Waals surface area contributed by atoms with Crippen molar-refractivity contribution in [3.63, 3.8) is 0 Å². The summed E-state index contributed by atoms with van der Waals surface area (Å²) < 4.78 is 11.3. The molecule has 0 atom stereocenters. The number of nitrogens with zero attached hydrogens (tertiary/aromatic N) is 3. The van der Waals surface area contributed by atoms with Gasteiger partial charge in [-0.05, 0) is 29.8 Å². The van der Waals surface area contributed by atoms with Crippen molar-refractivity contribution in [2.45, 2.75) is 6.61 Å². The Bertz CT molecular complexity index is 812. The second-order valence-corrected chi connectivity index (χ2v) is 4.67. The molecular weight excluding hydrogens is 290 g/mol. The highest BCUT2D eigenvalue weighted by atomic mass is 16.5. The van der Waals surface area contributed by atoms with E-state index in [2.05, 4.69) is 9.97 Å². The fourth-order valence-electron chi connectivity index (χ4n) is 1.93. The van der Waals surface area contributed by atoms with Gasteiger partial charge in [-0.25, -0.2) is 9.97 Å². The summed E-state index contributed by atoms with van der Waals surface area (Å²) in [5, 5.41) is 8.97. The molecule has 1 heterocycles. The highest BCUT2D eigenvalue weighted by molar-refractivity contribution is 5.37. The quantitative estimate of drug-likeness (QED) is 0.718. The van der Waals surface area contributed by atoms with Crippen LogP contribution in [0.4, 0.5) is 0 Å². The molecule has 3 rings (SSSR count). The van der Waals surface area contributed by atoms with Crippen LogP contribution in [0.3, 0.4) is 0 Å². The molecule has 0 unspecified atom stereocenters. The molecular formula is C18H13N3O2. The van der Waals surface area contributed by atoms with Gasteiger partial charge in [-0.15, -0.1) is 0 Å². The first-order chi connectivity index (χ1) is 11.3. The third-order valence-electron chi connectivity index (χ3n) is 3.06. The lowest BCUT2D eigenvalue weighted by molar-refractivity contribution is 0.305. The smallest absolute Gasteiger partial charge is 0.256 e. The maximum absolute atomic E-state index is 8.97. The zero-order chi connectivity index (χ0) is 15.9. The highest BCUT2D eigenvalue weighted by Gasteiger charge is 2.07. The van der Waals surface area contributed by atoms with Crippen LogP contribution in [0, 0.1) is 11.3 Å². The predicted molar refractivity (Wildman–Crippen MR) is 84.0 cm³/mol. The number of hydrogen-bond donors (Lipinski definition) is 0. The van der Waals surface area contributed by atoms with Crippen LogP contribution in [0.15, 0.2) is 67.0 Å². The van der Waals surface area contributed by atoms with Crippen LogP contribution in [-0.4, -0.2) is 9.97 Å². The molecule has 0 saturated heterocycles. The summed E-state index contributed by atoms with van der Waals surface area (Å²) in [6.45, 7) is 0.504. The summed E-state index contributed by atoms with van der Waals surface area (Å²) in [7, 11) is 0. The van der Waals surface area contributed by atoms with Crippen LogP contribution in [0.1, 0.15) is 11.3 Å². The van der Waals surface area contributed by atoms with E-state index in [9.17, 15) is 0 Å². The topological polar surface area (TPSA) is 68.0 Å². The third-order valence-corrected chi connectivity index (χ3v) is 3.06. The van der Waals surface area contributed by atoms with Gasteiger partial charge in [-0.3, -0.25) is 0 Å². The Balaban J connectivity index is 1.64. The van der Waals surface area contributed by atoms with Crippen LogP contribution < -0.4 is 9.47 Å². The van der Waals surface area contributed by atoms with E-state index in [1.54, 1.807) is 24.3 Å². The van der Waals surface area contributed by atoms with Gasteiger partial charge in [0.15, 0.2) is 0 Å². The van der Waals surface area contributed by atoms with E-state index in [0.29, 0.717) is 12.4 Å². The molecule has 1 aromatic heterocycles. The minimum Gasteiger partial charge on any atom is -0.489 e. The van der Waals surface area contributed by atoms with Crippen LogP contribution in [0.2, 0.25) is 0 Å². The summed E-state index contributed by atoms with van der Waals surface area (Å²) >= 11 is 0. The molecule has 0 aliphatic rings. The second kappa shape index (κ2) is 7.05. The Morgan fingerprint density at radius 1 is 0.870 bits per heavy atom. The number of benzene rings is 2. The van der Waals surface area contributed by atoms with E-state index in [1.165, 1.54) is 12.4 Å². The minimum absolute atomic E-state index is 0.150. The molecule has 0 N–H and O–H groups in total. The van der Waals surface area contributed by atoms with Crippen molar-refractivity contribution >= 4 is 0 Å². The van der Waals surface area contributed by atoms with E-state index >= 15 is 0 Å². The summed E-state index contributed by atoms with van der Waals surface area (Å²) in [6, 6.07) is 19.0. The molecule has 0 radical (unpaired) electrons. The van der Waals surface area contributed by atoms with Crippen LogP contribution >= 0.6 is 0 Å². The molecule has 0 aliphatic heterocycles. The van der Waals surface area contributed by atoms with Crippen molar-refractivity contribution in [3.05, 3.63) is 78.2 Å². The van der Waals surface area contributed by atoms with Crippen molar-refractivity contribution in [1.29, 1.82) is 5.26 Å². The standard InChI is InChI=1S/C18H13N3O2/c19-12-17-18(21-11-10-20-17)23-16-8-6-15(7-9-16)22-13-14-4-2-1-3-5-14/h1-11H,13H2. The molecule has 0 saturated carbocycles. The average Bonchev–Trinajstić information content (AvgIpc) is 2.62. The summed E-state index contributed by atoms with van der Waals surface area (Å²) in [6.07, 6.45) is 2.93. The summed E-state index contributed by atoms with van der Waals surface area (Å²) in [5.74, 6) is 1.49. The number of nitriles is 1. The number of rotatable bonds is 5. The van der Waals surface area contributed by atoms with E-state index in [-0.39, 0.29) is 11.6 Å². The molecule has 23 heavy (non-hydrogen) atoms. The van der Waals surface area contributed by atoms with E-state index in [1.807, 2.05) is 36.4 Å². The van der Waals surface area contributed by atoms with Gasteiger partial charge in [-0.2, -0.15) is 5.26 Å². The molecule has 0 bridgehead atoms. The van der Waals surface area contributed by atoms with Gasteiger partial charge in [0.05, 0.1) is 0 Å². The monoisotopic (exact) mass is 303 g/mol. The van der Waals surface area contributed by atoms with Gasteiger partial charge >= 0.3 is 0 Å². The SMILES string of the molecule is N#Cc1nccnc1Oc1ccc(OCc2ccccc2)cc1. The second-order valence-electron chi connectivity index (χ2n) is 4.67. The highest BCUT2D eigenvalue weighted by Crippen LogP contribution is 2.24. The molecule has 0 amide bonds. The molecule has 5 nitrogen and oxygen atoms in total. The zero-order valence-corrected chi connectivity index (χ0v) is 12.2. The van der Waals surface area contributed by atoms with Gasteiger partial charge in [0.25, 0.3) is 5.88 Å². The lowest BCUT2D eigenvalue weighted by Gasteiger charge is -2.08. The van der Waals surface area contributed by atoms with Crippen molar-refractivity contribution in [2.75, 3.05) is 0 Å². The maximum atomic E-state index is 8.97. The van der Waals surface area contributed by atoms with Crippen LogP contribution in [0.5, 0.6) is 17.4 Å². The Labute approximate surface area is 133 Å². The van der Waals surface area contributed by atoms with Crippen LogP contribution in [0.25, 0.3) is 0 Å². The first-order valence-electron chi connectivity index (χ1n) is 7.01. The lowest BCUT2D eigenvalue weighted by atomic mass is 10.2. The van der Waals surface area contributed by atoms with Crippen molar-refractivity contribution in [3.8, 4) is 23.4 Å².